The van der Waals surface area contributed by atoms with Gasteiger partial charge in [-0.2, -0.15) is 0 Å². The molecule has 0 aromatic carbocycles. The van der Waals surface area contributed by atoms with Gasteiger partial charge in [0.05, 0.1) is 13.2 Å². The fraction of sp³-hybridized carbons (Fsp3) is 1.00. The SMILES string of the molecule is COCCN1C(CO)CN(C)CCC1(C)C. The van der Waals surface area contributed by atoms with Gasteiger partial charge in [-0.1, -0.05) is 0 Å². The second-order valence-electron chi connectivity index (χ2n) is 5.35. The molecule has 1 heterocycles. The van der Waals surface area contributed by atoms with Gasteiger partial charge in [0.2, 0.25) is 0 Å². The van der Waals surface area contributed by atoms with Crippen molar-refractivity contribution in [3.63, 3.8) is 0 Å². The number of rotatable bonds is 4. The summed E-state index contributed by atoms with van der Waals surface area (Å²) >= 11 is 0. The summed E-state index contributed by atoms with van der Waals surface area (Å²) < 4.78 is 5.16. The minimum atomic E-state index is 0.136. The van der Waals surface area contributed by atoms with Crippen molar-refractivity contribution in [3.8, 4) is 0 Å². The Hall–Kier alpha value is -0.160. The first-order valence-electron chi connectivity index (χ1n) is 6.06. The Morgan fingerprint density at radius 3 is 2.69 bits per heavy atom. The number of aliphatic hydroxyl groups excluding tert-OH is 1. The van der Waals surface area contributed by atoms with Crippen molar-refractivity contribution in [1.82, 2.24) is 9.80 Å². The molecule has 4 nitrogen and oxygen atoms in total. The summed E-state index contributed by atoms with van der Waals surface area (Å²) in [5, 5.41) is 9.53. The van der Waals surface area contributed by atoms with Crippen molar-refractivity contribution < 1.29 is 9.84 Å². The molecule has 0 aliphatic carbocycles. The fourth-order valence-electron chi connectivity index (χ4n) is 2.48. The molecule has 1 fully saturated rings. The fourth-order valence-corrected chi connectivity index (χ4v) is 2.48. The van der Waals surface area contributed by atoms with E-state index in [1.807, 2.05) is 0 Å². The molecule has 4 heteroatoms. The number of nitrogens with zero attached hydrogens (tertiary/aromatic N) is 2. The highest BCUT2D eigenvalue weighted by molar-refractivity contribution is 4.91. The van der Waals surface area contributed by atoms with Gasteiger partial charge in [-0.25, -0.2) is 0 Å². The van der Waals surface area contributed by atoms with E-state index in [4.69, 9.17) is 4.74 Å². The topological polar surface area (TPSA) is 35.9 Å². The summed E-state index contributed by atoms with van der Waals surface area (Å²) in [7, 11) is 3.85. The Balaban J connectivity index is 2.75. The zero-order valence-electron chi connectivity index (χ0n) is 11.1. The number of likely N-dealkylation sites (N-methyl/N-ethyl adjacent to an activating group) is 1. The molecule has 1 saturated heterocycles. The molecule has 16 heavy (non-hydrogen) atoms. The third-order valence-electron chi connectivity index (χ3n) is 3.59. The van der Waals surface area contributed by atoms with Gasteiger partial charge in [-0.05, 0) is 33.9 Å². The molecule has 0 radical (unpaired) electrons. The lowest BCUT2D eigenvalue weighted by atomic mass is 9.97. The van der Waals surface area contributed by atoms with Gasteiger partial charge in [0.25, 0.3) is 0 Å². The lowest BCUT2D eigenvalue weighted by Crippen LogP contribution is -2.53. The molecule has 0 saturated carbocycles. The van der Waals surface area contributed by atoms with Crippen molar-refractivity contribution in [3.05, 3.63) is 0 Å². The van der Waals surface area contributed by atoms with Crippen LogP contribution in [0.5, 0.6) is 0 Å². The van der Waals surface area contributed by atoms with Crippen molar-refractivity contribution in [1.29, 1.82) is 0 Å². The number of hydrogen-bond acceptors (Lipinski definition) is 4. The molecule has 1 aliphatic heterocycles. The summed E-state index contributed by atoms with van der Waals surface area (Å²) in [5.41, 5.74) is 0.136. The molecule has 0 amide bonds. The van der Waals surface area contributed by atoms with Gasteiger partial charge >= 0.3 is 0 Å². The lowest BCUT2D eigenvalue weighted by Gasteiger charge is -2.41. The van der Waals surface area contributed by atoms with Crippen LogP contribution in [0, 0.1) is 0 Å². The van der Waals surface area contributed by atoms with Crippen LogP contribution < -0.4 is 0 Å². The van der Waals surface area contributed by atoms with E-state index < -0.39 is 0 Å². The second-order valence-corrected chi connectivity index (χ2v) is 5.35. The van der Waals surface area contributed by atoms with Crippen molar-refractivity contribution >= 4 is 0 Å². The summed E-state index contributed by atoms with van der Waals surface area (Å²) in [6, 6.07) is 0.220. The van der Waals surface area contributed by atoms with Crippen LogP contribution >= 0.6 is 0 Å². The van der Waals surface area contributed by atoms with Gasteiger partial charge in [-0.15, -0.1) is 0 Å². The third kappa shape index (κ3) is 3.42. The maximum absolute atomic E-state index is 9.53. The predicted octanol–water partition coefficient (Wildman–Crippen LogP) is 0.410. The molecule has 1 unspecified atom stereocenters. The van der Waals surface area contributed by atoms with Crippen LogP contribution in [-0.4, -0.2) is 73.5 Å². The summed E-state index contributed by atoms with van der Waals surface area (Å²) in [5.74, 6) is 0. The van der Waals surface area contributed by atoms with Crippen LogP contribution in [-0.2, 0) is 4.74 Å². The molecule has 1 rings (SSSR count). The summed E-state index contributed by atoms with van der Waals surface area (Å²) in [6.07, 6.45) is 1.13. The standard InChI is InChI=1S/C12H26N2O2/c1-12(2)5-6-13(3)9-11(10-15)14(12)7-8-16-4/h11,15H,5-10H2,1-4H3. The molecule has 1 N–H and O–H groups in total. The van der Waals surface area contributed by atoms with Crippen molar-refractivity contribution in [2.75, 3.05) is 47.0 Å². The number of hydrogen-bond donors (Lipinski definition) is 1. The van der Waals surface area contributed by atoms with Gasteiger partial charge in [-0.3, -0.25) is 4.90 Å². The Morgan fingerprint density at radius 1 is 1.44 bits per heavy atom. The van der Waals surface area contributed by atoms with Crippen LogP contribution in [0.25, 0.3) is 0 Å². The van der Waals surface area contributed by atoms with E-state index in [1.54, 1.807) is 7.11 Å². The maximum Gasteiger partial charge on any atom is 0.0599 e. The molecule has 1 aliphatic rings. The molecule has 0 spiro atoms. The first-order chi connectivity index (χ1) is 7.51. The van der Waals surface area contributed by atoms with E-state index in [-0.39, 0.29) is 18.2 Å². The number of ether oxygens (including phenoxy) is 1. The number of methoxy groups -OCH3 is 1. The largest absolute Gasteiger partial charge is 0.395 e. The molecule has 0 aromatic rings. The lowest BCUT2D eigenvalue weighted by molar-refractivity contribution is 0.0204. The molecule has 0 aromatic heterocycles. The molecular weight excluding hydrogens is 204 g/mol. The summed E-state index contributed by atoms with van der Waals surface area (Å²) in [4.78, 5) is 4.69. The van der Waals surface area contributed by atoms with Crippen molar-refractivity contribution in [2.45, 2.75) is 31.8 Å². The van der Waals surface area contributed by atoms with Crippen LogP contribution in [0.1, 0.15) is 20.3 Å². The van der Waals surface area contributed by atoms with E-state index in [0.29, 0.717) is 0 Å². The third-order valence-corrected chi connectivity index (χ3v) is 3.59. The molecular formula is C12H26N2O2. The van der Waals surface area contributed by atoms with Crippen molar-refractivity contribution in [2.24, 2.45) is 0 Å². The highest BCUT2D eigenvalue weighted by Gasteiger charge is 2.35. The Labute approximate surface area is 99.2 Å². The smallest absolute Gasteiger partial charge is 0.0599 e. The van der Waals surface area contributed by atoms with Gasteiger partial charge < -0.3 is 14.7 Å². The molecule has 96 valence electrons. The normalized spacial score (nSPS) is 27.9. The van der Waals surface area contributed by atoms with E-state index in [9.17, 15) is 5.11 Å². The van der Waals surface area contributed by atoms with E-state index in [0.717, 1.165) is 32.7 Å². The highest BCUT2D eigenvalue weighted by atomic mass is 16.5. The van der Waals surface area contributed by atoms with Crippen LogP contribution in [0.3, 0.4) is 0 Å². The monoisotopic (exact) mass is 230 g/mol. The first-order valence-corrected chi connectivity index (χ1v) is 6.06. The average Bonchev–Trinajstić information content (AvgIpc) is 2.34. The van der Waals surface area contributed by atoms with E-state index in [2.05, 4.69) is 30.7 Å². The van der Waals surface area contributed by atoms with E-state index in [1.165, 1.54) is 0 Å². The highest BCUT2D eigenvalue weighted by Crippen LogP contribution is 2.25. The van der Waals surface area contributed by atoms with Gasteiger partial charge in [0.15, 0.2) is 0 Å². The maximum atomic E-state index is 9.53. The van der Waals surface area contributed by atoms with E-state index >= 15 is 0 Å². The quantitative estimate of drug-likeness (QED) is 0.759. The van der Waals surface area contributed by atoms with Crippen LogP contribution in [0.2, 0.25) is 0 Å². The van der Waals surface area contributed by atoms with Gasteiger partial charge in [0.1, 0.15) is 0 Å². The Bertz CT molecular complexity index is 209. The van der Waals surface area contributed by atoms with Crippen LogP contribution in [0.15, 0.2) is 0 Å². The predicted molar refractivity (Wildman–Crippen MR) is 65.6 cm³/mol. The van der Waals surface area contributed by atoms with Crippen LogP contribution in [0.4, 0.5) is 0 Å². The Morgan fingerprint density at radius 2 is 2.12 bits per heavy atom. The Kier molecular flexibility index (Phi) is 5.18. The van der Waals surface area contributed by atoms with Gasteiger partial charge in [0, 0.05) is 31.8 Å². The number of aliphatic hydroxyl groups is 1. The second kappa shape index (κ2) is 5.96. The molecule has 1 atom stereocenters. The zero-order chi connectivity index (χ0) is 12.2. The first kappa shape index (κ1) is 13.9. The summed E-state index contributed by atoms with van der Waals surface area (Å²) in [6.45, 7) is 8.37. The minimum Gasteiger partial charge on any atom is -0.395 e. The average molecular weight is 230 g/mol. The zero-order valence-corrected chi connectivity index (χ0v) is 11.1. The minimum absolute atomic E-state index is 0.136. The molecule has 0 bridgehead atoms.